The minimum Gasteiger partial charge on any atom is -0.478 e. The van der Waals surface area contributed by atoms with E-state index in [1.807, 2.05) is 55.1 Å². The summed E-state index contributed by atoms with van der Waals surface area (Å²) in [6.45, 7) is 10.9. The van der Waals surface area contributed by atoms with E-state index in [2.05, 4.69) is 20.8 Å². The van der Waals surface area contributed by atoms with Crippen LogP contribution in [-0.4, -0.2) is 33.3 Å². The third kappa shape index (κ3) is 4.33. The second kappa shape index (κ2) is 8.44. The Balaban J connectivity index is 1.72. The number of amides is 1. The second-order valence-electron chi connectivity index (χ2n) is 10.7. The first-order chi connectivity index (χ1) is 15.5. The zero-order chi connectivity index (χ0) is 24.0. The average molecular weight is 447 g/mol. The maximum atomic E-state index is 13.9. The molecule has 33 heavy (non-hydrogen) atoms. The minimum atomic E-state index is -0.950. The van der Waals surface area contributed by atoms with Crippen molar-refractivity contribution in [2.45, 2.75) is 72.0 Å². The van der Waals surface area contributed by atoms with Gasteiger partial charge in [0.2, 0.25) is 0 Å². The van der Waals surface area contributed by atoms with E-state index in [1.165, 1.54) is 0 Å². The fourth-order valence-corrected chi connectivity index (χ4v) is 5.48. The lowest BCUT2D eigenvalue weighted by atomic mass is 9.69. The summed E-state index contributed by atoms with van der Waals surface area (Å²) in [6.07, 6.45) is 3.74. The normalized spacial score (nSPS) is 24.2. The van der Waals surface area contributed by atoms with Crippen molar-refractivity contribution in [3.05, 3.63) is 70.8 Å². The zero-order valence-electron chi connectivity index (χ0n) is 20.3. The topological polar surface area (TPSA) is 70.0 Å². The molecule has 1 saturated carbocycles. The fourth-order valence-electron chi connectivity index (χ4n) is 5.48. The van der Waals surface area contributed by atoms with Gasteiger partial charge < -0.3 is 10.0 Å². The number of aliphatic imine (C=N–C) groups is 1. The Morgan fingerprint density at radius 1 is 1.12 bits per heavy atom. The van der Waals surface area contributed by atoms with Crippen molar-refractivity contribution >= 4 is 17.6 Å². The minimum absolute atomic E-state index is 0.0374. The number of hydrogen-bond donors (Lipinski definition) is 1. The first kappa shape index (κ1) is 23.2. The Kier molecular flexibility index (Phi) is 5.94. The predicted molar refractivity (Wildman–Crippen MR) is 131 cm³/mol. The van der Waals surface area contributed by atoms with E-state index < -0.39 is 11.6 Å². The van der Waals surface area contributed by atoms with Crippen LogP contribution < -0.4 is 0 Å². The molecule has 1 fully saturated rings. The molecule has 2 aromatic carbocycles. The third-order valence-corrected chi connectivity index (χ3v) is 7.52. The molecule has 1 spiro atoms. The van der Waals surface area contributed by atoms with E-state index in [4.69, 9.17) is 4.99 Å². The van der Waals surface area contributed by atoms with Crippen molar-refractivity contribution < 1.29 is 14.7 Å². The molecule has 2 aromatic rings. The van der Waals surface area contributed by atoms with Crippen LogP contribution in [0.4, 0.5) is 0 Å². The Morgan fingerprint density at radius 2 is 1.76 bits per heavy atom. The molecule has 1 amide bonds. The SMILES string of the molecule is Cc1cccc(C2=NC3(CCC(C(C)(C)C)CC3)N(C(C)c3ccc(C(=O)O)cc3)C2=O)c1. The van der Waals surface area contributed by atoms with Gasteiger partial charge in [0.15, 0.2) is 0 Å². The monoisotopic (exact) mass is 446 g/mol. The van der Waals surface area contributed by atoms with E-state index in [0.29, 0.717) is 11.6 Å². The summed E-state index contributed by atoms with van der Waals surface area (Å²) in [6, 6.07) is 14.6. The van der Waals surface area contributed by atoms with Crippen molar-refractivity contribution in [3.8, 4) is 0 Å². The molecule has 5 nitrogen and oxygen atoms in total. The van der Waals surface area contributed by atoms with Gasteiger partial charge in [-0.1, -0.05) is 56.7 Å². The number of carbonyl (C=O) groups is 2. The van der Waals surface area contributed by atoms with Crippen molar-refractivity contribution in [2.75, 3.05) is 0 Å². The summed E-state index contributed by atoms with van der Waals surface area (Å²) in [4.78, 5) is 32.3. The molecule has 0 aromatic heterocycles. The summed E-state index contributed by atoms with van der Waals surface area (Å²) >= 11 is 0. The Hall–Kier alpha value is -2.95. The Labute approximate surface area is 196 Å². The summed E-state index contributed by atoms with van der Waals surface area (Å²) < 4.78 is 0. The maximum absolute atomic E-state index is 13.9. The second-order valence-corrected chi connectivity index (χ2v) is 10.7. The molecule has 0 bridgehead atoms. The number of carboxylic acid groups (broad SMARTS) is 1. The fraction of sp³-hybridized carbons (Fsp3) is 0.464. The van der Waals surface area contributed by atoms with Gasteiger partial charge in [-0.05, 0) is 74.6 Å². The molecule has 1 N–H and O–H groups in total. The quantitative estimate of drug-likeness (QED) is 0.624. The van der Waals surface area contributed by atoms with E-state index in [0.717, 1.165) is 42.4 Å². The highest BCUT2D eigenvalue weighted by molar-refractivity contribution is 6.46. The number of nitrogens with zero attached hydrogens (tertiary/aromatic N) is 2. The van der Waals surface area contributed by atoms with Gasteiger partial charge in [0, 0.05) is 5.56 Å². The number of hydrogen-bond acceptors (Lipinski definition) is 3. The molecule has 0 saturated heterocycles. The van der Waals surface area contributed by atoms with Gasteiger partial charge >= 0.3 is 5.97 Å². The van der Waals surface area contributed by atoms with Crippen molar-refractivity contribution in [1.82, 2.24) is 4.90 Å². The molecule has 1 atom stereocenters. The van der Waals surface area contributed by atoms with Crippen LogP contribution in [0.1, 0.15) is 86.5 Å². The van der Waals surface area contributed by atoms with Gasteiger partial charge in [-0.3, -0.25) is 9.79 Å². The lowest BCUT2D eigenvalue weighted by molar-refractivity contribution is -0.132. The van der Waals surface area contributed by atoms with E-state index in [9.17, 15) is 14.7 Å². The number of aromatic carboxylic acids is 1. The highest BCUT2D eigenvalue weighted by atomic mass is 16.4. The highest BCUT2D eigenvalue weighted by Crippen LogP contribution is 2.49. The van der Waals surface area contributed by atoms with Crippen LogP contribution in [0.15, 0.2) is 53.5 Å². The molecule has 2 aliphatic rings. The van der Waals surface area contributed by atoms with Crippen molar-refractivity contribution in [1.29, 1.82) is 0 Å². The molecular formula is C28H34N2O3. The first-order valence-corrected chi connectivity index (χ1v) is 11.9. The maximum Gasteiger partial charge on any atom is 0.335 e. The predicted octanol–water partition coefficient (Wildman–Crippen LogP) is 6.02. The van der Waals surface area contributed by atoms with Crippen LogP contribution in [-0.2, 0) is 4.79 Å². The molecular weight excluding hydrogens is 412 g/mol. The Morgan fingerprint density at radius 3 is 2.30 bits per heavy atom. The van der Waals surface area contributed by atoms with Gasteiger partial charge in [0.25, 0.3) is 5.91 Å². The van der Waals surface area contributed by atoms with Gasteiger partial charge in [-0.2, -0.15) is 0 Å². The van der Waals surface area contributed by atoms with E-state index in [-0.39, 0.29) is 22.9 Å². The smallest absolute Gasteiger partial charge is 0.335 e. The van der Waals surface area contributed by atoms with E-state index in [1.54, 1.807) is 12.1 Å². The molecule has 174 valence electrons. The highest BCUT2D eigenvalue weighted by Gasteiger charge is 2.51. The average Bonchev–Trinajstić information content (AvgIpc) is 3.04. The van der Waals surface area contributed by atoms with Crippen molar-refractivity contribution in [2.24, 2.45) is 16.3 Å². The van der Waals surface area contributed by atoms with Gasteiger partial charge in [-0.25, -0.2) is 4.79 Å². The third-order valence-electron chi connectivity index (χ3n) is 7.52. The number of benzene rings is 2. The van der Waals surface area contributed by atoms with Crippen LogP contribution >= 0.6 is 0 Å². The molecule has 1 unspecified atom stereocenters. The standard InChI is InChI=1S/C28H34N2O3/c1-18-7-6-8-22(17-18)24-25(31)30(19(2)20-9-11-21(12-10-20)26(32)33)28(29-24)15-13-23(14-16-28)27(3,4)5/h6-12,17,19,23H,13-16H2,1-5H3,(H,32,33). The largest absolute Gasteiger partial charge is 0.478 e. The molecule has 4 rings (SSSR count). The van der Waals surface area contributed by atoms with Crippen LogP contribution in [0.2, 0.25) is 0 Å². The summed E-state index contributed by atoms with van der Waals surface area (Å²) in [5.74, 6) is -0.387. The summed E-state index contributed by atoms with van der Waals surface area (Å²) in [7, 11) is 0. The lowest BCUT2D eigenvalue weighted by Crippen LogP contribution is -2.50. The zero-order valence-corrected chi connectivity index (χ0v) is 20.3. The molecule has 5 heteroatoms. The first-order valence-electron chi connectivity index (χ1n) is 11.9. The lowest BCUT2D eigenvalue weighted by Gasteiger charge is -2.46. The summed E-state index contributed by atoms with van der Waals surface area (Å²) in [5, 5.41) is 9.26. The molecule has 0 radical (unpaired) electrons. The van der Waals surface area contributed by atoms with Crippen LogP contribution in [0.25, 0.3) is 0 Å². The molecule has 1 heterocycles. The van der Waals surface area contributed by atoms with Gasteiger partial charge in [-0.15, -0.1) is 0 Å². The van der Waals surface area contributed by atoms with Gasteiger partial charge in [0.1, 0.15) is 11.4 Å². The summed E-state index contributed by atoms with van der Waals surface area (Å²) in [5.41, 5.74) is 3.36. The van der Waals surface area contributed by atoms with Gasteiger partial charge in [0.05, 0.1) is 11.6 Å². The number of carbonyl (C=O) groups excluding carboxylic acids is 1. The number of aryl methyl sites for hydroxylation is 1. The van der Waals surface area contributed by atoms with Crippen LogP contribution in [0.5, 0.6) is 0 Å². The number of rotatable bonds is 4. The van der Waals surface area contributed by atoms with Crippen molar-refractivity contribution in [3.63, 3.8) is 0 Å². The van der Waals surface area contributed by atoms with Crippen LogP contribution in [0.3, 0.4) is 0 Å². The Bertz CT molecular complexity index is 1090. The van der Waals surface area contributed by atoms with Crippen LogP contribution in [0, 0.1) is 18.3 Å². The molecule has 1 aliphatic heterocycles. The van der Waals surface area contributed by atoms with E-state index >= 15 is 0 Å². The number of carboxylic acids is 1. The molecule has 1 aliphatic carbocycles.